The van der Waals surface area contributed by atoms with Crippen molar-refractivity contribution >= 4 is 6.08 Å². The summed E-state index contributed by atoms with van der Waals surface area (Å²) in [5.74, 6) is 0. The van der Waals surface area contributed by atoms with Crippen molar-refractivity contribution in [2.75, 3.05) is 0 Å². The van der Waals surface area contributed by atoms with Crippen LogP contribution in [-0.2, 0) is 5.41 Å². The van der Waals surface area contributed by atoms with E-state index in [1.807, 2.05) is 18.3 Å². The average molecular weight is 466 g/mol. The van der Waals surface area contributed by atoms with Gasteiger partial charge in [-0.15, -0.1) is 0 Å². The van der Waals surface area contributed by atoms with Crippen LogP contribution in [0.25, 0.3) is 17.2 Å². The minimum Gasteiger partial charge on any atom is -0.386 e. The number of hydrogen-bond acceptors (Lipinski definition) is 2. The molecule has 1 aliphatic carbocycles. The molecule has 0 bridgehead atoms. The molecule has 0 aliphatic heterocycles. The molecule has 0 amide bonds. The van der Waals surface area contributed by atoms with Crippen molar-refractivity contribution in [2.45, 2.75) is 83.7 Å². The van der Waals surface area contributed by atoms with E-state index in [9.17, 15) is 5.11 Å². The van der Waals surface area contributed by atoms with E-state index in [-0.39, 0.29) is 5.41 Å². The second-order valence-electron chi connectivity index (χ2n) is 10.4. The first-order valence-electron chi connectivity index (χ1n) is 13.1. The molecule has 0 saturated heterocycles. The maximum absolute atomic E-state index is 10.9. The van der Waals surface area contributed by atoms with Crippen LogP contribution in [0.2, 0.25) is 0 Å². The zero-order valence-electron chi connectivity index (χ0n) is 21.8. The van der Waals surface area contributed by atoms with Gasteiger partial charge in [0.05, 0.1) is 5.60 Å². The molecule has 4 rings (SSSR count). The van der Waals surface area contributed by atoms with E-state index >= 15 is 0 Å². The average Bonchev–Trinajstić information content (AvgIpc) is 2.85. The molecule has 3 aromatic rings. The van der Waals surface area contributed by atoms with E-state index in [0.717, 1.165) is 44.1 Å². The van der Waals surface area contributed by atoms with Gasteiger partial charge >= 0.3 is 0 Å². The highest BCUT2D eigenvalue weighted by Gasteiger charge is 2.31. The smallest absolute Gasteiger partial charge is 0.0830 e. The Bertz CT molecular complexity index is 1200. The summed E-state index contributed by atoms with van der Waals surface area (Å²) in [5, 5.41) is 10.9. The maximum atomic E-state index is 10.9. The van der Waals surface area contributed by atoms with Gasteiger partial charge in [0.15, 0.2) is 0 Å². The van der Waals surface area contributed by atoms with Crippen molar-refractivity contribution in [3.8, 4) is 11.1 Å². The van der Waals surface area contributed by atoms with Crippen molar-refractivity contribution in [1.29, 1.82) is 0 Å². The lowest BCUT2D eigenvalue weighted by Gasteiger charge is -2.34. The first-order valence-corrected chi connectivity index (χ1v) is 13.1. The molecule has 2 radical (unpaired) electrons. The zero-order chi connectivity index (χ0) is 25.1. The van der Waals surface area contributed by atoms with Gasteiger partial charge < -0.3 is 5.11 Å². The Hall–Kier alpha value is -2.71. The van der Waals surface area contributed by atoms with Gasteiger partial charge in [-0.25, -0.2) is 0 Å². The fourth-order valence-corrected chi connectivity index (χ4v) is 5.86. The van der Waals surface area contributed by atoms with Crippen LogP contribution in [0, 0.1) is 20.8 Å². The first-order chi connectivity index (χ1) is 16.8. The highest BCUT2D eigenvalue weighted by atomic mass is 16.3. The summed E-state index contributed by atoms with van der Waals surface area (Å²) in [7, 11) is 0. The van der Waals surface area contributed by atoms with Crippen LogP contribution in [0.5, 0.6) is 0 Å². The summed E-state index contributed by atoms with van der Waals surface area (Å²) >= 11 is 0. The predicted octanol–water partition coefficient (Wildman–Crippen LogP) is 8.24. The Morgan fingerprint density at radius 1 is 0.914 bits per heavy atom. The lowest BCUT2D eigenvalue weighted by atomic mass is 9.69. The summed E-state index contributed by atoms with van der Waals surface area (Å²) in [4.78, 5) is 4.27. The van der Waals surface area contributed by atoms with Gasteiger partial charge in [0.1, 0.15) is 0 Å². The summed E-state index contributed by atoms with van der Waals surface area (Å²) < 4.78 is 0. The fourth-order valence-electron chi connectivity index (χ4n) is 5.86. The van der Waals surface area contributed by atoms with Crippen LogP contribution in [0.1, 0.15) is 92.2 Å². The molecule has 2 heteroatoms. The van der Waals surface area contributed by atoms with Crippen LogP contribution in [0.4, 0.5) is 0 Å². The summed E-state index contributed by atoms with van der Waals surface area (Å²) in [6, 6.07) is 15.7. The summed E-state index contributed by atoms with van der Waals surface area (Å²) in [6.45, 7) is 14.9. The molecule has 1 aromatic heterocycles. The number of pyridine rings is 1. The second-order valence-corrected chi connectivity index (χ2v) is 10.4. The second kappa shape index (κ2) is 10.5. The molecule has 1 heterocycles. The van der Waals surface area contributed by atoms with Gasteiger partial charge in [0.25, 0.3) is 0 Å². The molecule has 0 atom stereocenters. The Labute approximate surface area is 212 Å². The van der Waals surface area contributed by atoms with Crippen LogP contribution in [0.3, 0.4) is 0 Å². The van der Waals surface area contributed by atoms with Crippen LogP contribution in [0.15, 0.2) is 60.9 Å². The third kappa shape index (κ3) is 5.28. The highest BCUT2D eigenvalue weighted by Crippen LogP contribution is 2.41. The lowest BCUT2D eigenvalue weighted by Crippen LogP contribution is -2.28. The minimum absolute atomic E-state index is 0.0498. The maximum Gasteiger partial charge on any atom is 0.0830 e. The van der Waals surface area contributed by atoms with Crippen molar-refractivity contribution in [3.63, 3.8) is 0 Å². The van der Waals surface area contributed by atoms with Gasteiger partial charge in [0, 0.05) is 30.3 Å². The molecule has 1 N–H and O–H groups in total. The predicted molar refractivity (Wildman–Crippen MR) is 147 cm³/mol. The minimum atomic E-state index is -0.641. The van der Waals surface area contributed by atoms with Gasteiger partial charge in [-0.1, -0.05) is 81.7 Å². The number of aromatic nitrogens is 1. The van der Waals surface area contributed by atoms with Crippen molar-refractivity contribution in [1.82, 2.24) is 4.98 Å². The highest BCUT2D eigenvalue weighted by molar-refractivity contribution is 5.68. The third-order valence-electron chi connectivity index (χ3n) is 8.17. The Morgan fingerprint density at radius 3 is 2.17 bits per heavy atom. The Kier molecular flexibility index (Phi) is 7.62. The van der Waals surface area contributed by atoms with E-state index in [1.165, 1.54) is 39.8 Å². The molecule has 0 unspecified atom stereocenters. The van der Waals surface area contributed by atoms with E-state index in [1.54, 1.807) is 6.20 Å². The standard InChI is InChI=1S/C33H39NO/c1-6-33(7-2,30-13-14-31(26(5)21-30)28-19-24(3)22-34-23-28)29-12-11-27(25(4)20-29)15-18-32(35)16-9-8-10-17-32/h3,11-15,18-23,35H,6-10,16-17H2,1-2,4-5H3/b18-15+. The summed E-state index contributed by atoms with van der Waals surface area (Å²) in [5.41, 5.74) is 8.60. The number of rotatable bonds is 7. The van der Waals surface area contributed by atoms with E-state index in [4.69, 9.17) is 6.92 Å². The summed E-state index contributed by atoms with van der Waals surface area (Å²) in [6.07, 6.45) is 15.0. The SMILES string of the molecule is [CH]c1cncc(-c2ccc(C(CC)(CC)c3ccc(/C=C/C4(O)CCCCC4)c(C)c3)cc2C)c1. The van der Waals surface area contributed by atoms with Gasteiger partial charge in [-0.05, 0) is 84.5 Å². The number of aryl methyl sites for hydroxylation is 2. The molecule has 1 saturated carbocycles. The molecular formula is C33H39NO. The van der Waals surface area contributed by atoms with Gasteiger partial charge in [-0.3, -0.25) is 4.98 Å². The molecule has 1 aliphatic rings. The molecular weight excluding hydrogens is 426 g/mol. The zero-order valence-corrected chi connectivity index (χ0v) is 21.8. The lowest BCUT2D eigenvalue weighted by molar-refractivity contribution is 0.0521. The molecule has 2 aromatic carbocycles. The topological polar surface area (TPSA) is 33.1 Å². The van der Waals surface area contributed by atoms with E-state index < -0.39 is 5.60 Å². The van der Waals surface area contributed by atoms with Gasteiger partial charge in [0.2, 0.25) is 0 Å². The number of nitrogens with zero attached hydrogens (tertiary/aromatic N) is 1. The fraction of sp³-hybridized carbons (Fsp3) is 0.394. The number of benzene rings is 2. The van der Waals surface area contributed by atoms with Crippen molar-refractivity contribution in [2.24, 2.45) is 0 Å². The van der Waals surface area contributed by atoms with Crippen LogP contribution in [-0.4, -0.2) is 15.7 Å². The van der Waals surface area contributed by atoms with Crippen LogP contribution >= 0.6 is 0 Å². The normalized spacial score (nSPS) is 16.1. The molecule has 0 spiro atoms. The third-order valence-corrected chi connectivity index (χ3v) is 8.17. The molecule has 2 nitrogen and oxygen atoms in total. The van der Waals surface area contributed by atoms with E-state index in [0.29, 0.717) is 5.56 Å². The quantitative estimate of drug-likeness (QED) is 0.381. The Morgan fingerprint density at radius 2 is 1.57 bits per heavy atom. The largest absolute Gasteiger partial charge is 0.386 e. The molecule has 182 valence electrons. The monoisotopic (exact) mass is 465 g/mol. The van der Waals surface area contributed by atoms with Crippen molar-refractivity contribution < 1.29 is 5.11 Å². The molecule has 35 heavy (non-hydrogen) atoms. The Balaban J connectivity index is 1.67. The van der Waals surface area contributed by atoms with E-state index in [2.05, 4.69) is 75.2 Å². The number of hydrogen-bond donors (Lipinski definition) is 1. The van der Waals surface area contributed by atoms with Crippen molar-refractivity contribution in [3.05, 3.63) is 101 Å². The molecule has 1 fully saturated rings. The van der Waals surface area contributed by atoms with Gasteiger partial charge in [-0.2, -0.15) is 0 Å². The van der Waals surface area contributed by atoms with Crippen LogP contribution < -0.4 is 0 Å². The number of aliphatic hydroxyl groups is 1. The first kappa shape index (κ1) is 25.4.